The number of ether oxygens (including phenoxy) is 2. The number of hydroxylamine groups is 2. The van der Waals surface area contributed by atoms with E-state index in [1.54, 1.807) is 20.3 Å². The smallest absolute Gasteiger partial charge is 0.161 e. The molecule has 1 heterocycles. The normalized spacial score (nSPS) is 20.3. The maximum absolute atomic E-state index is 13.2. The molecule has 1 aliphatic rings. The van der Waals surface area contributed by atoms with Crippen LogP contribution in [0.15, 0.2) is 53.9 Å². The lowest BCUT2D eigenvalue weighted by atomic mass is 9.80. The maximum atomic E-state index is 13.2. The minimum Gasteiger partial charge on any atom is -0.493 e. The van der Waals surface area contributed by atoms with Crippen molar-refractivity contribution in [2.24, 2.45) is 0 Å². The van der Waals surface area contributed by atoms with E-state index in [1.807, 2.05) is 43.3 Å². The maximum Gasteiger partial charge on any atom is 0.161 e. The summed E-state index contributed by atoms with van der Waals surface area (Å²) < 4.78 is 24.1. The third-order valence-corrected chi connectivity index (χ3v) is 6.87. The second kappa shape index (κ2) is 8.47. The molecule has 0 saturated heterocycles. The SMILES string of the molecule is C=CCC1(C[S@@](=O)c2ccc(C)cc2)c2cc(OC)c(OC)cc2CCN1O. The molecule has 0 fully saturated rings. The third-order valence-electron chi connectivity index (χ3n) is 5.33. The largest absolute Gasteiger partial charge is 0.493 e. The molecule has 0 aliphatic carbocycles. The second-order valence-corrected chi connectivity index (χ2v) is 8.52. The Kier molecular flexibility index (Phi) is 6.23. The molecular weight excluding hydrogens is 374 g/mol. The number of methoxy groups -OCH3 is 2. The van der Waals surface area contributed by atoms with Crippen LogP contribution in [0.25, 0.3) is 0 Å². The van der Waals surface area contributed by atoms with Crippen molar-refractivity contribution in [1.82, 2.24) is 5.06 Å². The average molecular weight is 402 g/mol. The van der Waals surface area contributed by atoms with Crippen molar-refractivity contribution in [1.29, 1.82) is 0 Å². The molecular formula is C22H27NO4S. The summed E-state index contributed by atoms with van der Waals surface area (Å²) >= 11 is 0. The Hall–Kier alpha value is -2.15. The molecule has 1 N–H and O–H groups in total. The molecule has 0 radical (unpaired) electrons. The number of nitrogens with zero attached hydrogens (tertiary/aromatic N) is 1. The highest BCUT2D eigenvalue weighted by molar-refractivity contribution is 7.85. The topological polar surface area (TPSA) is 59.0 Å². The summed E-state index contributed by atoms with van der Waals surface area (Å²) in [6.45, 7) is 6.33. The van der Waals surface area contributed by atoms with Crippen molar-refractivity contribution in [2.75, 3.05) is 26.5 Å². The van der Waals surface area contributed by atoms with Gasteiger partial charge in [-0.25, -0.2) is 0 Å². The summed E-state index contributed by atoms with van der Waals surface area (Å²) in [6.07, 6.45) is 2.90. The van der Waals surface area contributed by atoms with Crippen LogP contribution in [0.4, 0.5) is 0 Å². The highest BCUT2D eigenvalue weighted by atomic mass is 32.2. The molecule has 0 amide bonds. The van der Waals surface area contributed by atoms with Crippen LogP contribution in [-0.4, -0.2) is 41.0 Å². The fourth-order valence-corrected chi connectivity index (χ4v) is 5.26. The van der Waals surface area contributed by atoms with E-state index in [0.29, 0.717) is 30.9 Å². The Morgan fingerprint density at radius 1 is 1.21 bits per heavy atom. The standard InChI is InChI=1S/C22H27NO4S/c1-5-11-22(15-28(25)18-8-6-16(2)7-9-18)19-14-21(27-4)20(26-3)13-17(19)10-12-23(22)24/h5-9,13-14,24H,1,10-12,15H2,2-4H3/t22?,28-/m1/s1. The molecule has 0 saturated carbocycles. The molecule has 1 aliphatic heterocycles. The first-order valence-electron chi connectivity index (χ1n) is 9.23. The monoisotopic (exact) mass is 401 g/mol. The van der Waals surface area contributed by atoms with E-state index in [9.17, 15) is 9.42 Å². The van der Waals surface area contributed by atoms with E-state index in [4.69, 9.17) is 9.47 Å². The lowest BCUT2D eigenvalue weighted by Crippen LogP contribution is -2.52. The fourth-order valence-electron chi connectivity index (χ4n) is 3.80. The summed E-state index contributed by atoms with van der Waals surface area (Å²) in [5, 5.41) is 12.2. The first-order chi connectivity index (χ1) is 13.4. The Morgan fingerprint density at radius 2 is 1.86 bits per heavy atom. The van der Waals surface area contributed by atoms with E-state index in [2.05, 4.69) is 6.58 Å². The minimum absolute atomic E-state index is 0.251. The molecule has 0 aromatic heterocycles. The van der Waals surface area contributed by atoms with E-state index < -0.39 is 16.3 Å². The van der Waals surface area contributed by atoms with Crippen LogP contribution in [-0.2, 0) is 22.8 Å². The summed E-state index contributed by atoms with van der Waals surface area (Å²) in [7, 11) is 1.90. The molecule has 1 unspecified atom stereocenters. The molecule has 2 aromatic rings. The number of rotatable bonds is 7. The van der Waals surface area contributed by atoms with Crippen molar-refractivity contribution in [3.05, 3.63) is 65.7 Å². The van der Waals surface area contributed by atoms with Crippen LogP contribution in [0.2, 0.25) is 0 Å². The van der Waals surface area contributed by atoms with Crippen LogP contribution in [0.5, 0.6) is 11.5 Å². The number of benzene rings is 2. The van der Waals surface area contributed by atoms with Gasteiger partial charge in [0.15, 0.2) is 11.5 Å². The van der Waals surface area contributed by atoms with Crippen LogP contribution < -0.4 is 9.47 Å². The van der Waals surface area contributed by atoms with Gasteiger partial charge >= 0.3 is 0 Å². The van der Waals surface area contributed by atoms with Crippen molar-refractivity contribution >= 4 is 10.8 Å². The molecule has 3 rings (SSSR count). The van der Waals surface area contributed by atoms with E-state index in [0.717, 1.165) is 21.6 Å². The van der Waals surface area contributed by atoms with E-state index >= 15 is 0 Å². The van der Waals surface area contributed by atoms with Crippen LogP contribution in [0, 0.1) is 6.92 Å². The molecule has 2 atom stereocenters. The van der Waals surface area contributed by atoms with Crippen molar-refractivity contribution < 1.29 is 18.9 Å². The van der Waals surface area contributed by atoms with Crippen LogP contribution >= 0.6 is 0 Å². The Balaban J connectivity index is 2.09. The van der Waals surface area contributed by atoms with Gasteiger partial charge < -0.3 is 14.7 Å². The molecule has 6 heteroatoms. The predicted octanol–water partition coefficient (Wildman–Crippen LogP) is 3.84. The zero-order chi connectivity index (χ0) is 20.3. The van der Waals surface area contributed by atoms with Gasteiger partial charge in [0.05, 0.1) is 36.3 Å². The van der Waals surface area contributed by atoms with Crippen molar-refractivity contribution in [3.8, 4) is 11.5 Å². The number of fused-ring (bicyclic) bond motifs is 1. The molecule has 5 nitrogen and oxygen atoms in total. The lowest BCUT2D eigenvalue weighted by molar-refractivity contribution is -0.174. The van der Waals surface area contributed by atoms with Gasteiger partial charge in [-0.05, 0) is 55.2 Å². The Bertz CT molecular complexity index is 881. The number of hydrogen-bond acceptors (Lipinski definition) is 5. The van der Waals surface area contributed by atoms with Gasteiger partial charge in [0.2, 0.25) is 0 Å². The average Bonchev–Trinajstić information content (AvgIpc) is 2.70. The van der Waals surface area contributed by atoms with Gasteiger partial charge in [-0.3, -0.25) is 4.21 Å². The van der Waals surface area contributed by atoms with Crippen LogP contribution in [0.1, 0.15) is 23.1 Å². The predicted molar refractivity (Wildman–Crippen MR) is 111 cm³/mol. The van der Waals surface area contributed by atoms with E-state index in [-0.39, 0.29) is 5.75 Å². The minimum atomic E-state index is -1.30. The van der Waals surface area contributed by atoms with Gasteiger partial charge in [-0.2, -0.15) is 5.06 Å². The van der Waals surface area contributed by atoms with Gasteiger partial charge in [0.1, 0.15) is 0 Å². The van der Waals surface area contributed by atoms with Crippen molar-refractivity contribution in [2.45, 2.75) is 30.2 Å². The fraction of sp³-hybridized carbons (Fsp3) is 0.364. The number of hydrogen-bond donors (Lipinski definition) is 1. The molecule has 0 spiro atoms. The van der Waals surface area contributed by atoms with Crippen LogP contribution in [0.3, 0.4) is 0 Å². The summed E-state index contributed by atoms with van der Waals surface area (Å²) in [5.41, 5.74) is 2.24. The second-order valence-electron chi connectivity index (χ2n) is 7.06. The first-order valence-corrected chi connectivity index (χ1v) is 10.5. The molecule has 150 valence electrons. The van der Waals surface area contributed by atoms with Gasteiger partial charge in [0.25, 0.3) is 0 Å². The van der Waals surface area contributed by atoms with E-state index in [1.165, 1.54) is 5.06 Å². The summed E-state index contributed by atoms with van der Waals surface area (Å²) in [6, 6.07) is 11.5. The molecule has 0 bridgehead atoms. The zero-order valence-corrected chi connectivity index (χ0v) is 17.4. The van der Waals surface area contributed by atoms with Gasteiger partial charge in [-0.15, -0.1) is 6.58 Å². The molecule has 2 aromatic carbocycles. The Morgan fingerprint density at radius 3 is 2.46 bits per heavy atom. The Labute approximate surface area is 169 Å². The molecule has 28 heavy (non-hydrogen) atoms. The quantitative estimate of drug-likeness (QED) is 0.715. The van der Waals surface area contributed by atoms with Gasteiger partial charge in [-0.1, -0.05) is 23.8 Å². The third kappa shape index (κ3) is 3.72. The zero-order valence-electron chi connectivity index (χ0n) is 16.6. The lowest BCUT2D eigenvalue weighted by Gasteiger charge is -2.44. The highest BCUT2D eigenvalue weighted by Crippen LogP contribution is 2.43. The van der Waals surface area contributed by atoms with Crippen molar-refractivity contribution in [3.63, 3.8) is 0 Å². The summed E-state index contributed by atoms with van der Waals surface area (Å²) in [4.78, 5) is 0.745. The first kappa shape index (κ1) is 20.6. The number of aryl methyl sites for hydroxylation is 1. The van der Waals surface area contributed by atoms with Gasteiger partial charge in [0, 0.05) is 11.4 Å². The summed E-state index contributed by atoms with van der Waals surface area (Å²) in [5.74, 6) is 1.49. The highest BCUT2D eigenvalue weighted by Gasteiger charge is 2.44.